The van der Waals surface area contributed by atoms with Gasteiger partial charge in [0.1, 0.15) is 24.5 Å². The lowest BCUT2D eigenvalue weighted by molar-refractivity contribution is -0.00443. The van der Waals surface area contributed by atoms with E-state index in [2.05, 4.69) is 27.9 Å². The van der Waals surface area contributed by atoms with Crippen LogP contribution in [0.5, 0.6) is 0 Å². The number of carbonyl (C=O) groups excluding carboxylic acids is 3. The maximum atomic E-state index is 12.1. The molecule has 0 saturated heterocycles. The van der Waals surface area contributed by atoms with Crippen LogP contribution in [0, 0.1) is 0 Å². The van der Waals surface area contributed by atoms with Crippen LogP contribution >= 0.6 is 11.6 Å². The Labute approximate surface area is 263 Å². The Morgan fingerprint density at radius 1 is 0.721 bits per heavy atom. The van der Waals surface area contributed by atoms with E-state index in [9.17, 15) is 14.4 Å². The number of alkyl carbamates (subject to hydrolysis) is 2. The van der Waals surface area contributed by atoms with E-state index in [1.54, 1.807) is 12.1 Å². The molecule has 1 aromatic heterocycles. The van der Waals surface area contributed by atoms with Crippen molar-refractivity contribution < 1.29 is 28.6 Å². The SMILES string of the molecule is CCCCCCCCCCCCCCCCCCNC(=O)OCC(COC(=O)NCCNC(=O)c1cccnc1Cl)OC. The summed E-state index contributed by atoms with van der Waals surface area (Å²) in [6.45, 7) is 3.02. The van der Waals surface area contributed by atoms with Gasteiger partial charge in [0.15, 0.2) is 0 Å². The molecule has 0 spiro atoms. The molecule has 0 saturated carbocycles. The molecular formula is C32H55ClN4O6. The number of amides is 3. The van der Waals surface area contributed by atoms with Crippen LogP contribution in [0.25, 0.3) is 0 Å². The fourth-order valence-electron chi connectivity index (χ4n) is 4.48. The normalized spacial score (nSPS) is 11.5. The topological polar surface area (TPSA) is 128 Å². The highest BCUT2D eigenvalue weighted by Gasteiger charge is 2.14. The Morgan fingerprint density at radius 2 is 1.19 bits per heavy atom. The number of nitrogens with one attached hydrogen (secondary N) is 3. The highest BCUT2D eigenvalue weighted by atomic mass is 35.5. The summed E-state index contributed by atoms with van der Waals surface area (Å²) in [7, 11) is 1.45. The van der Waals surface area contributed by atoms with E-state index >= 15 is 0 Å². The first-order valence-corrected chi connectivity index (χ1v) is 16.6. The van der Waals surface area contributed by atoms with Gasteiger partial charge >= 0.3 is 12.2 Å². The van der Waals surface area contributed by atoms with Gasteiger partial charge in [-0.15, -0.1) is 0 Å². The molecule has 10 nitrogen and oxygen atoms in total. The second-order valence-electron chi connectivity index (χ2n) is 10.8. The summed E-state index contributed by atoms with van der Waals surface area (Å²) in [5, 5.41) is 8.01. The average Bonchev–Trinajstić information content (AvgIpc) is 3.01. The van der Waals surface area contributed by atoms with Gasteiger partial charge in [-0.1, -0.05) is 115 Å². The molecule has 0 aromatic carbocycles. The van der Waals surface area contributed by atoms with Gasteiger partial charge in [0.25, 0.3) is 5.91 Å². The van der Waals surface area contributed by atoms with Crippen LogP contribution in [0.3, 0.4) is 0 Å². The van der Waals surface area contributed by atoms with Gasteiger partial charge in [0.2, 0.25) is 0 Å². The minimum Gasteiger partial charge on any atom is -0.447 e. The van der Waals surface area contributed by atoms with Crippen molar-refractivity contribution in [3.63, 3.8) is 0 Å². The van der Waals surface area contributed by atoms with Crippen LogP contribution in [-0.2, 0) is 14.2 Å². The van der Waals surface area contributed by atoms with E-state index in [0.29, 0.717) is 6.54 Å². The fourth-order valence-corrected chi connectivity index (χ4v) is 4.68. The Balaban J connectivity index is 1.93. The number of nitrogens with zero attached hydrogens (tertiary/aromatic N) is 1. The number of halogens is 1. The molecule has 0 radical (unpaired) electrons. The Kier molecular flexibility index (Phi) is 24.1. The zero-order valence-corrected chi connectivity index (χ0v) is 27.2. The number of rotatable bonds is 26. The molecule has 0 aliphatic carbocycles. The van der Waals surface area contributed by atoms with Gasteiger partial charge in [-0.25, -0.2) is 14.6 Å². The van der Waals surface area contributed by atoms with Crippen molar-refractivity contribution >= 4 is 29.7 Å². The van der Waals surface area contributed by atoms with Crippen molar-refractivity contribution in [2.45, 2.75) is 116 Å². The monoisotopic (exact) mass is 626 g/mol. The van der Waals surface area contributed by atoms with Crippen LogP contribution < -0.4 is 16.0 Å². The lowest BCUT2D eigenvalue weighted by atomic mass is 10.0. The minimum absolute atomic E-state index is 0.0451. The third-order valence-electron chi connectivity index (χ3n) is 7.12. The van der Waals surface area contributed by atoms with Gasteiger partial charge in [-0.3, -0.25) is 4.79 Å². The summed E-state index contributed by atoms with van der Waals surface area (Å²) >= 11 is 5.89. The molecule has 246 valence electrons. The zero-order valence-electron chi connectivity index (χ0n) is 26.4. The lowest BCUT2D eigenvalue weighted by Gasteiger charge is -2.16. The van der Waals surface area contributed by atoms with Crippen molar-refractivity contribution in [2.24, 2.45) is 0 Å². The smallest absolute Gasteiger partial charge is 0.407 e. The zero-order chi connectivity index (χ0) is 31.4. The molecular weight excluding hydrogens is 572 g/mol. The van der Waals surface area contributed by atoms with Gasteiger partial charge in [-0.2, -0.15) is 0 Å². The fraction of sp³-hybridized carbons (Fsp3) is 0.750. The van der Waals surface area contributed by atoms with Crippen LogP contribution in [0.15, 0.2) is 18.3 Å². The highest BCUT2D eigenvalue weighted by molar-refractivity contribution is 6.32. The van der Waals surface area contributed by atoms with Gasteiger partial charge in [0, 0.05) is 32.9 Å². The van der Waals surface area contributed by atoms with E-state index in [4.69, 9.17) is 25.8 Å². The van der Waals surface area contributed by atoms with E-state index in [1.807, 2.05) is 0 Å². The maximum Gasteiger partial charge on any atom is 0.407 e. The number of methoxy groups -OCH3 is 1. The van der Waals surface area contributed by atoms with Gasteiger partial charge in [0.05, 0.1) is 5.56 Å². The number of hydrogen-bond acceptors (Lipinski definition) is 7. The Bertz CT molecular complexity index is 876. The molecule has 0 aliphatic heterocycles. The van der Waals surface area contributed by atoms with Crippen molar-refractivity contribution in [3.05, 3.63) is 29.0 Å². The molecule has 43 heavy (non-hydrogen) atoms. The van der Waals surface area contributed by atoms with Crippen LogP contribution in [0.1, 0.15) is 120 Å². The summed E-state index contributed by atoms with van der Waals surface area (Å²) < 4.78 is 15.5. The quantitative estimate of drug-likeness (QED) is 0.0733. The molecule has 1 aromatic rings. The molecule has 1 atom stereocenters. The van der Waals surface area contributed by atoms with Gasteiger partial charge < -0.3 is 30.2 Å². The first kappa shape index (κ1) is 38.4. The molecule has 0 bridgehead atoms. The second kappa shape index (κ2) is 27.0. The second-order valence-corrected chi connectivity index (χ2v) is 11.2. The largest absolute Gasteiger partial charge is 0.447 e. The molecule has 3 amide bonds. The number of pyridine rings is 1. The van der Waals surface area contributed by atoms with Crippen molar-refractivity contribution in [2.75, 3.05) is 40.0 Å². The minimum atomic E-state index is -0.677. The summed E-state index contributed by atoms with van der Waals surface area (Å²) in [5.74, 6) is -0.391. The first-order chi connectivity index (χ1) is 21.0. The molecule has 1 heterocycles. The predicted molar refractivity (Wildman–Crippen MR) is 171 cm³/mol. The highest BCUT2D eigenvalue weighted by Crippen LogP contribution is 2.14. The lowest BCUT2D eigenvalue weighted by Crippen LogP contribution is -2.37. The number of ether oxygens (including phenoxy) is 3. The van der Waals surface area contributed by atoms with E-state index in [-0.39, 0.29) is 37.0 Å². The third kappa shape index (κ3) is 21.7. The first-order valence-electron chi connectivity index (χ1n) is 16.2. The van der Waals surface area contributed by atoms with Crippen LogP contribution in [0.4, 0.5) is 9.59 Å². The van der Waals surface area contributed by atoms with Crippen molar-refractivity contribution in [1.82, 2.24) is 20.9 Å². The molecule has 3 N–H and O–H groups in total. The Morgan fingerprint density at radius 3 is 1.67 bits per heavy atom. The number of hydrogen-bond donors (Lipinski definition) is 3. The predicted octanol–water partition coefficient (Wildman–Crippen LogP) is 7.19. The van der Waals surface area contributed by atoms with Crippen LogP contribution in [-0.4, -0.2) is 69.1 Å². The summed E-state index contributed by atoms with van der Waals surface area (Å²) in [6, 6.07) is 3.17. The van der Waals surface area contributed by atoms with Crippen molar-refractivity contribution in [1.29, 1.82) is 0 Å². The summed E-state index contributed by atoms with van der Waals surface area (Å²) in [6.07, 6.45) is 20.6. The van der Waals surface area contributed by atoms with E-state index in [0.717, 1.165) is 12.8 Å². The summed E-state index contributed by atoms with van der Waals surface area (Å²) in [4.78, 5) is 39.8. The molecule has 0 fully saturated rings. The summed E-state index contributed by atoms with van der Waals surface area (Å²) in [5.41, 5.74) is 0.253. The molecule has 11 heteroatoms. The molecule has 1 rings (SSSR count). The third-order valence-corrected chi connectivity index (χ3v) is 7.42. The molecule has 1 unspecified atom stereocenters. The average molecular weight is 627 g/mol. The van der Waals surface area contributed by atoms with Crippen molar-refractivity contribution in [3.8, 4) is 0 Å². The van der Waals surface area contributed by atoms with Crippen LogP contribution in [0.2, 0.25) is 5.15 Å². The number of aromatic nitrogens is 1. The molecule has 0 aliphatic rings. The van der Waals surface area contributed by atoms with Gasteiger partial charge in [-0.05, 0) is 18.6 Å². The van der Waals surface area contributed by atoms with E-state index in [1.165, 1.54) is 103 Å². The maximum absolute atomic E-state index is 12.1. The standard InChI is InChI=1S/C32H55ClN4O6/c1-3-4-5-6-7-8-9-10-11-12-13-14-15-16-17-18-21-36-31(39)42-25-27(41-2)26-43-32(40)37-24-23-35-30(38)28-20-19-22-34-29(28)33/h19-20,22,27H,3-18,21,23-26H2,1-2H3,(H,35,38)(H,36,39)(H,37,40). The Hall–Kier alpha value is -2.59. The van der Waals surface area contributed by atoms with E-state index < -0.39 is 24.2 Å². The number of carbonyl (C=O) groups is 3. The number of unbranched alkanes of at least 4 members (excludes halogenated alkanes) is 15.